The molecular formula is C21H17ClN4O3. The van der Waals surface area contributed by atoms with Gasteiger partial charge in [-0.25, -0.2) is 9.78 Å². The topological polar surface area (TPSA) is 125 Å². The first-order valence-electron chi connectivity index (χ1n) is 8.88. The maximum Gasteiger partial charge on any atom is 0.336 e. The highest BCUT2D eigenvalue weighted by molar-refractivity contribution is 6.32. The number of nitrogens with zero attached hydrogens (tertiary/aromatic N) is 1. The number of carboxylic acids is 1. The highest BCUT2D eigenvalue weighted by atomic mass is 35.5. The molecule has 4 rings (SSSR count). The molecule has 1 atom stereocenters. The van der Waals surface area contributed by atoms with Crippen LogP contribution in [0.3, 0.4) is 0 Å². The van der Waals surface area contributed by atoms with Crippen LogP contribution < -0.4 is 11.3 Å². The zero-order chi connectivity index (χ0) is 20.5. The van der Waals surface area contributed by atoms with Gasteiger partial charge in [0.05, 0.1) is 11.6 Å². The van der Waals surface area contributed by atoms with Crippen molar-refractivity contribution in [2.24, 2.45) is 5.73 Å². The number of aromatic amines is 2. The van der Waals surface area contributed by atoms with E-state index in [-0.39, 0.29) is 11.6 Å². The van der Waals surface area contributed by atoms with Gasteiger partial charge in [-0.1, -0.05) is 48.0 Å². The van der Waals surface area contributed by atoms with Crippen LogP contribution in [0.4, 0.5) is 0 Å². The molecule has 7 nitrogen and oxygen atoms in total. The van der Waals surface area contributed by atoms with Crippen molar-refractivity contribution in [2.75, 3.05) is 0 Å². The van der Waals surface area contributed by atoms with E-state index in [9.17, 15) is 14.7 Å². The van der Waals surface area contributed by atoms with Crippen LogP contribution in [0.5, 0.6) is 0 Å². The molecule has 0 amide bonds. The van der Waals surface area contributed by atoms with E-state index in [1.807, 2.05) is 30.3 Å². The van der Waals surface area contributed by atoms with Gasteiger partial charge in [-0.3, -0.25) is 4.79 Å². The number of benzene rings is 2. The highest BCUT2D eigenvalue weighted by Gasteiger charge is 2.18. The molecule has 2 heterocycles. The van der Waals surface area contributed by atoms with Gasteiger partial charge in [0.1, 0.15) is 16.7 Å². The summed E-state index contributed by atoms with van der Waals surface area (Å²) in [6.45, 7) is 0. The molecule has 5 N–H and O–H groups in total. The molecule has 0 spiro atoms. The Labute approximate surface area is 170 Å². The minimum Gasteiger partial charge on any atom is -0.478 e. The average Bonchev–Trinajstić information content (AvgIpc) is 3.09. The number of aromatic nitrogens is 3. The summed E-state index contributed by atoms with van der Waals surface area (Å²) in [5, 5.41) is 10.1. The number of H-pyrrole nitrogens is 2. The Morgan fingerprint density at radius 3 is 2.62 bits per heavy atom. The second-order valence-corrected chi connectivity index (χ2v) is 7.07. The second-order valence-electron chi connectivity index (χ2n) is 6.69. The van der Waals surface area contributed by atoms with Gasteiger partial charge in [-0.2, -0.15) is 0 Å². The molecular weight excluding hydrogens is 392 g/mol. The summed E-state index contributed by atoms with van der Waals surface area (Å²) >= 11 is 6.36. The normalized spacial score (nSPS) is 12.2. The number of pyridine rings is 1. The lowest BCUT2D eigenvalue weighted by atomic mass is 10.0. The number of halogens is 1. The third kappa shape index (κ3) is 3.78. The molecule has 0 saturated heterocycles. The molecule has 2 aromatic heterocycles. The van der Waals surface area contributed by atoms with Crippen LogP contribution in [-0.2, 0) is 6.42 Å². The van der Waals surface area contributed by atoms with Crippen molar-refractivity contribution in [3.8, 4) is 11.3 Å². The summed E-state index contributed by atoms with van der Waals surface area (Å²) < 4.78 is 0. The van der Waals surface area contributed by atoms with Crippen molar-refractivity contribution in [2.45, 2.75) is 12.5 Å². The number of aromatic carboxylic acids is 1. The molecule has 146 valence electrons. The van der Waals surface area contributed by atoms with Gasteiger partial charge in [0.15, 0.2) is 0 Å². The summed E-state index contributed by atoms with van der Waals surface area (Å²) in [6.07, 6.45) is 0.590. The molecule has 0 fully saturated rings. The number of rotatable bonds is 5. The van der Waals surface area contributed by atoms with Crippen molar-refractivity contribution in [3.63, 3.8) is 0 Å². The van der Waals surface area contributed by atoms with Crippen molar-refractivity contribution in [1.82, 2.24) is 15.0 Å². The van der Waals surface area contributed by atoms with Crippen LogP contribution in [0, 0.1) is 0 Å². The third-order valence-electron chi connectivity index (χ3n) is 4.67. The van der Waals surface area contributed by atoms with E-state index in [1.54, 1.807) is 18.2 Å². The summed E-state index contributed by atoms with van der Waals surface area (Å²) in [6, 6.07) is 15.5. The fourth-order valence-electron chi connectivity index (χ4n) is 3.28. The minimum absolute atomic E-state index is 0.0849. The van der Waals surface area contributed by atoms with Crippen molar-refractivity contribution >= 4 is 28.5 Å². The fraction of sp³-hybridized carbons (Fsp3) is 0.0952. The number of nitrogens with one attached hydrogen (secondary N) is 2. The molecule has 0 aliphatic rings. The number of hydrogen-bond donors (Lipinski definition) is 4. The van der Waals surface area contributed by atoms with Gasteiger partial charge in [0.2, 0.25) is 5.56 Å². The lowest BCUT2D eigenvalue weighted by Crippen LogP contribution is -2.15. The number of fused-ring (bicyclic) bond motifs is 1. The standard InChI is InChI=1S/C21H17ClN4O3/c22-19-18(25-20(26-19)15(23)8-11-4-2-1-3-5-11)12-6-7-16-13(9-12)14(21(28)29)10-17(27)24-16/h1-7,9-10,15H,8,23H2,(H,24,27)(H,25,26)(H,28,29)/t15-/m0/s1. The summed E-state index contributed by atoms with van der Waals surface area (Å²) in [4.78, 5) is 33.4. The van der Waals surface area contributed by atoms with Crippen molar-refractivity contribution < 1.29 is 9.90 Å². The molecule has 4 aromatic rings. The molecule has 8 heteroatoms. The highest BCUT2D eigenvalue weighted by Crippen LogP contribution is 2.30. The predicted molar refractivity (Wildman–Crippen MR) is 111 cm³/mol. The van der Waals surface area contributed by atoms with Crippen LogP contribution in [-0.4, -0.2) is 26.0 Å². The average molecular weight is 409 g/mol. The third-order valence-corrected chi connectivity index (χ3v) is 4.95. The number of imidazole rings is 1. The van der Waals surface area contributed by atoms with Gasteiger partial charge < -0.3 is 20.8 Å². The van der Waals surface area contributed by atoms with E-state index in [0.29, 0.717) is 39.6 Å². The first kappa shape index (κ1) is 18.9. The van der Waals surface area contributed by atoms with E-state index >= 15 is 0 Å². The van der Waals surface area contributed by atoms with E-state index < -0.39 is 11.5 Å². The van der Waals surface area contributed by atoms with Crippen LogP contribution in [0.25, 0.3) is 22.2 Å². The van der Waals surface area contributed by atoms with Gasteiger partial charge >= 0.3 is 5.97 Å². The molecule has 0 saturated carbocycles. The van der Waals surface area contributed by atoms with E-state index in [2.05, 4.69) is 15.0 Å². The van der Waals surface area contributed by atoms with Crippen LogP contribution in [0.2, 0.25) is 5.15 Å². The summed E-state index contributed by atoms with van der Waals surface area (Å²) in [5.41, 5.74) is 8.31. The Balaban J connectivity index is 1.73. The van der Waals surface area contributed by atoms with Gasteiger partial charge in [0, 0.05) is 22.5 Å². The quantitative estimate of drug-likeness (QED) is 0.402. The monoisotopic (exact) mass is 408 g/mol. The smallest absolute Gasteiger partial charge is 0.336 e. The maximum atomic E-state index is 11.7. The number of carboxylic acid groups (broad SMARTS) is 1. The minimum atomic E-state index is -1.18. The van der Waals surface area contributed by atoms with E-state index in [4.69, 9.17) is 17.3 Å². The molecule has 0 radical (unpaired) electrons. The van der Waals surface area contributed by atoms with E-state index in [1.165, 1.54) is 0 Å². The van der Waals surface area contributed by atoms with Crippen LogP contribution >= 0.6 is 11.6 Å². The molecule has 2 aromatic carbocycles. The Bertz CT molecular complexity index is 1260. The van der Waals surface area contributed by atoms with Gasteiger partial charge in [-0.15, -0.1) is 0 Å². The second kappa shape index (κ2) is 7.54. The zero-order valence-electron chi connectivity index (χ0n) is 15.1. The number of nitrogens with two attached hydrogens (primary N) is 1. The first-order valence-corrected chi connectivity index (χ1v) is 9.26. The molecule has 29 heavy (non-hydrogen) atoms. The molecule has 0 unspecified atom stereocenters. The Kier molecular flexibility index (Phi) is 4.92. The van der Waals surface area contributed by atoms with Crippen LogP contribution in [0.1, 0.15) is 27.8 Å². The fourth-order valence-corrected chi connectivity index (χ4v) is 3.53. The predicted octanol–water partition coefficient (Wildman–Crippen LogP) is 3.51. The van der Waals surface area contributed by atoms with Crippen molar-refractivity contribution in [1.29, 1.82) is 0 Å². The molecule has 0 aliphatic carbocycles. The van der Waals surface area contributed by atoms with Crippen molar-refractivity contribution in [3.05, 3.63) is 87.1 Å². The lowest BCUT2D eigenvalue weighted by Gasteiger charge is -2.08. The number of carbonyl (C=O) groups is 1. The lowest BCUT2D eigenvalue weighted by molar-refractivity contribution is 0.0699. The summed E-state index contributed by atoms with van der Waals surface area (Å²) in [7, 11) is 0. The van der Waals surface area contributed by atoms with Gasteiger partial charge in [-0.05, 0) is 24.1 Å². The largest absolute Gasteiger partial charge is 0.478 e. The zero-order valence-corrected chi connectivity index (χ0v) is 15.9. The van der Waals surface area contributed by atoms with Crippen LogP contribution in [0.15, 0.2) is 59.4 Å². The Morgan fingerprint density at radius 1 is 1.14 bits per heavy atom. The van der Waals surface area contributed by atoms with E-state index in [0.717, 1.165) is 11.6 Å². The molecule has 0 aliphatic heterocycles. The Morgan fingerprint density at radius 2 is 1.90 bits per heavy atom. The summed E-state index contributed by atoms with van der Waals surface area (Å²) in [5.74, 6) is -0.647. The van der Waals surface area contributed by atoms with Gasteiger partial charge in [0.25, 0.3) is 0 Å². The SMILES string of the molecule is N[C@@H](Cc1ccccc1)c1nc(-c2ccc3[nH]c(=O)cc(C(=O)O)c3c2)c(Cl)[nH]1. The first-order chi connectivity index (χ1) is 13.9. The maximum absolute atomic E-state index is 11.7. The number of hydrogen-bond acceptors (Lipinski definition) is 4. The Hall–Kier alpha value is -3.42. The molecule has 0 bridgehead atoms.